The first-order valence-electron chi connectivity index (χ1n) is 6.98. The summed E-state index contributed by atoms with van der Waals surface area (Å²) in [6.07, 6.45) is 0.905. The summed E-state index contributed by atoms with van der Waals surface area (Å²) in [7, 11) is 4.72. The van der Waals surface area contributed by atoms with Gasteiger partial charge in [-0.3, -0.25) is 0 Å². The minimum Gasteiger partial charge on any atom is -0.496 e. The monoisotopic (exact) mass is 306 g/mol. The molecule has 2 heterocycles. The number of aromatic nitrogens is 2. The lowest BCUT2D eigenvalue weighted by Gasteiger charge is -2.11. The lowest BCUT2D eigenvalue weighted by Crippen LogP contribution is -2.00. The quantitative estimate of drug-likeness (QED) is 0.838. The van der Waals surface area contributed by atoms with E-state index in [0.717, 1.165) is 13.0 Å². The van der Waals surface area contributed by atoms with Gasteiger partial charge in [-0.15, -0.1) is 0 Å². The highest BCUT2D eigenvalue weighted by Gasteiger charge is 2.25. The summed E-state index contributed by atoms with van der Waals surface area (Å²) in [5.74, 6) is 2.96. The van der Waals surface area contributed by atoms with Crippen LogP contribution in [0.1, 0.15) is 18.2 Å². The molecule has 1 aliphatic rings. The molecule has 1 atom stereocenters. The van der Waals surface area contributed by atoms with Gasteiger partial charge < -0.3 is 23.5 Å². The maximum absolute atomic E-state index is 5.39. The van der Waals surface area contributed by atoms with Gasteiger partial charge in [0.05, 0.1) is 33.5 Å². The Morgan fingerprint density at radius 2 is 1.77 bits per heavy atom. The van der Waals surface area contributed by atoms with Crippen LogP contribution in [0.5, 0.6) is 17.2 Å². The number of rotatable bonds is 5. The van der Waals surface area contributed by atoms with Crippen molar-refractivity contribution in [1.82, 2.24) is 10.1 Å². The summed E-state index contributed by atoms with van der Waals surface area (Å²) in [6.45, 7) is 1.36. The topological polar surface area (TPSA) is 75.8 Å². The molecule has 1 aromatic heterocycles. The highest BCUT2D eigenvalue weighted by atomic mass is 16.5. The zero-order chi connectivity index (χ0) is 15.5. The second kappa shape index (κ2) is 6.23. The molecule has 0 saturated carbocycles. The van der Waals surface area contributed by atoms with E-state index in [0.29, 0.717) is 41.1 Å². The van der Waals surface area contributed by atoms with Crippen LogP contribution in [0.15, 0.2) is 16.7 Å². The van der Waals surface area contributed by atoms with E-state index >= 15 is 0 Å². The van der Waals surface area contributed by atoms with Crippen molar-refractivity contribution in [3.8, 4) is 28.7 Å². The molecule has 2 aromatic rings. The van der Waals surface area contributed by atoms with Crippen molar-refractivity contribution in [1.29, 1.82) is 0 Å². The Balaban J connectivity index is 1.99. The molecule has 3 rings (SSSR count). The van der Waals surface area contributed by atoms with Crippen LogP contribution >= 0.6 is 0 Å². The Morgan fingerprint density at radius 1 is 1.05 bits per heavy atom. The predicted molar refractivity (Wildman–Crippen MR) is 77.6 cm³/mol. The summed E-state index contributed by atoms with van der Waals surface area (Å²) in [4.78, 5) is 4.47. The molecule has 0 bridgehead atoms. The SMILES string of the molecule is COc1cc(OC)c(-c2nc([C@@H]3CCOC3)no2)cc1OC. The summed E-state index contributed by atoms with van der Waals surface area (Å²) < 4.78 is 26.7. The molecule has 1 aromatic carbocycles. The number of nitrogens with zero attached hydrogens (tertiary/aromatic N) is 2. The molecule has 7 heteroatoms. The molecular weight excluding hydrogens is 288 g/mol. The molecule has 1 aliphatic heterocycles. The normalized spacial score (nSPS) is 17.5. The van der Waals surface area contributed by atoms with E-state index in [-0.39, 0.29) is 5.92 Å². The van der Waals surface area contributed by atoms with E-state index < -0.39 is 0 Å². The maximum Gasteiger partial charge on any atom is 0.261 e. The molecule has 0 spiro atoms. The molecule has 7 nitrogen and oxygen atoms in total. The van der Waals surface area contributed by atoms with Gasteiger partial charge in [0, 0.05) is 24.7 Å². The van der Waals surface area contributed by atoms with E-state index in [9.17, 15) is 0 Å². The van der Waals surface area contributed by atoms with Gasteiger partial charge in [0.1, 0.15) is 5.75 Å². The standard InChI is InChI=1S/C15H18N2O5/c1-18-11-7-13(20-3)12(19-2)6-10(11)15-16-14(17-22-15)9-4-5-21-8-9/h6-7,9H,4-5,8H2,1-3H3/t9-/m1/s1. The van der Waals surface area contributed by atoms with Crippen LogP contribution in [-0.2, 0) is 4.74 Å². The minimum atomic E-state index is 0.184. The van der Waals surface area contributed by atoms with Gasteiger partial charge in [-0.05, 0) is 6.42 Å². The van der Waals surface area contributed by atoms with Crippen LogP contribution in [0.25, 0.3) is 11.5 Å². The molecule has 0 aliphatic carbocycles. The van der Waals surface area contributed by atoms with Crippen molar-refractivity contribution < 1.29 is 23.5 Å². The van der Waals surface area contributed by atoms with Gasteiger partial charge in [0.15, 0.2) is 17.3 Å². The van der Waals surface area contributed by atoms with Gasteiger partial charge in [-0.1, -0.05) is 5.16 Å². The first kappa shape index (κ1) is 14.6. The Morgan fingerprint density at radius 3 is 2.41 bits per heavy atom. The Kier molecular flexibility index (Phi) is 4.15. The lowest BCUT2D eigenvalue weighted by atomic mass is 10.1. The maximum atomic E-state index is 5.39. The van der Waals surface area contributed by atoms with Gasteiger partial charge in [-0.2, -0.15) is 4.98 Å². The third-order valence-corrected chi connectivity index (χ3v) is 3.67. The highest BCUT2D eigenvalue weighted by Crippen LogP contribution is 2.39. The first-order chi connectivity index (χ1) is 10.8. The summed E-state index contributed by atoms with van der Waals surface area (Å²) in [6, 6.07) is 3.50. The van der Waals surface area contributed by atoms with Crippen LogP contribution in [0.3, 0.4) is 0 Å². The van der Waals surface area contributed by atoms with Crippen molar-refractivity contribution >= 4 is 0 Å². The van der Waals surface area contributed by atoms with E-state index in [1.165, 1.54) is 0 Å². The third kappa shape index (κ3) is 2.59. The van der Waals surface area contributed by atoms with Crippen LogP contribution in [0.2, 0.25) is 0 Å². The van der Waals surface area contributed by atoms with E-state index in [2.05, 4.69) is 10.1 Å². The molecular formula is C15H18N2O5. The molecule has 22 heavy (non-hydrogen) atoms. The molecule has 1 saturated heterocycles. The summed E-state index contributed by atoms with van der Waals surface area (Å²) in [5, 5.41) is 4.05. The van der Waals surface area contributed by atoms with Crippen molar-refractivity contribution in [2.75, 3.05) is 34.5 Å². The number of ether oxygens (including phenoxy) is 4. The minimum absolute atomic E-state index is 0.184. The molecule has 0 unspecified atom stereocenters. The number of methoxy groups -OCH3 is 3. The van der Waals surface area contributed by atoms with Crippen LogP contribution in [-0.4, -0.2) is 44.7 Å². The van der Waals surface area contributed by atoms with Crippen molar-refractivity contribution in [3.05, 3.63) is 18.0 Å². The summed E-state index contributed by atoms with van der Waals surface area (Å²) >= 11 is 0. The largest absolute Gasteiger partial charge is 0.496 e. The Bertz CT molecular complexity index is 649. The van der Waals surface area contributed by atoms with Crippen molar-refractivity contribution in [3.63, 3.8) is 0 Å². The average Bonchev–Trinajstić information content (AvgIpc) is 3.24. The van der Waals surface area contributed by atoms with Crippen molar-refractivity contribution in [2.45, 2.75) is 12.3 Å². The number of benzene rings is 1. The Hall–Kier alpha value is -2.28. The fourth-order valence-electron chi connectivity index (χ4n) is 2.44. The lowest BCUT2D eigenvalue weighted by molar-refractivity contribution is 0.192. The van der Waals surface area contributed by atoms with Crippen LogP contribution in [0, 0.1) is 0 Å². The van der Waals surface area contributed by atoms with E-state index in [1.807, 2.05) is 0 Å². The van der Waals surface area contributed by atoms with Gasteiger partial charge in [-0.25, -0.2) is 0 Å². The van der Waals surface area contributed by atoms with E-state index in [1.54, 1.807) is 33.5 Å². The smallest absolute Gasteiger partial charge is 0.261 e. The summed E-state index contributed by atoms with van der Waals surface area (Å²) in [5.41, 5.74) is 0.665. The number of hydrogen-bond acceptors (Lipinski definition) is 7. The number of hydrogen-bond donors (Lipinski definition) is 0. The second-order valence-corrected chi connectivity index (χ2v) is 4.93. The predicted octanol–water partition coefficient (Wildman–Crippen LogP) is 2.27. The molecule has 0 amide bonds. The average molecular weight is 306 g/mol. The second-order valence-electron chi connectivity index (χ2n) is 4.93. The zero-order valence-corrected chi connectivity index (χ0v) is 12.8. The third-order valence-electron chi connectivity index (χ3n) is 3.67. The van der Waals surface area contributed by atoms with Gasteiger partial charge in [0.2, 0.25) is 0 Å². The zero-order valence-electron chi connectivity index (χ0n) is 12.8. The van der Waals surface area contributed by atoms with Crippen LogP contribution < -0.4 is 14.2 Å². The molecule has 0 radical (unpaired) electrons. The molecule has 118 valence electrons. The van der Waals surface area contributed by atoms with Gasteiger partial charge >= 0.3 is 0 Å². The highest BCUT2D eigenvalue weighted by molar-refractivity contribution is 5.68. The van der Waals surface area contributed by atoms with Gasteiger partial charge in [0.25, 0.3) is 5.89 Å². The Labute approximate surface area is 128 Å². The first-order valence-corrected chi connectivity index (χ1v) is 6.98. The molecule has 1 fully saturated rings. The molecule has 0 N–H and O–H groups in total. The van der Waals surface area contributed by atoms with Crippen LogP contribution in [0.4, 0.5) is 0 Å². The fourth-order valence-corrected chi connectivity index (χ4v) is 2.44. The fraction of sp³-hybridized carbons (Fsp3) is 0.467. The van der Waals surface area contributed by atoms with Crippen molar-refractivity contribution in [2.24, 2.45) is 0 Å². The van der Waals surface area contributed by atoms with E-state index in [4.69, 9.17) is 23.5 Å².